The number of rotatable bonds is 4. The third-order valence-electron chi connectivity index (χ3n) is 3.95. The van der Waals surface area contributed by atoms with Gasteiger partial charge in [-0.3, -0.25) is 0 Å². The third kappa shape index (κ3) is 2.80. The van der Waals surface area contributed by atoms with Crippen LogP contribution in [0.4, 0.5) is 20.3 Å². The molecule has 0 amide bonds. The van der Waals surface area contributed by atoms with Gasteiger partial charge in [0.05, 0.1) is 24.1 Å². The molecule has 2 heterocycles. The Morgan fingerprint density at radius 3 is 2.56 bits per heavy atom. The number of aromatic nitrogens is 3. The average molecular weight is 341 g/mol. The molecule has 0 aliphatic heterocycles. The fourth-order valence-corrected chi connectivity index (χ4v) is 2.59. The van der Waals surface area contributed by atoms with Crippen LogP contribution >= 0.6 is 0 Å². The zero-order valence-corrected chi connectivity index (χ0v) is 13.4. The first-order valence-corrected chi connectivity index (χ1v) is 7.31. The molecule has 0 aliphatic rings. The van der Waals surface area contributed by atoms with Crippen LogP contribution in [0.25, 0.3) is 11.0 Å². The van der Waals surface area contributed by atoms with Crippen LogP contribution in [0.3, 0.4) is 0 Å². The molecule has 0 spiro atoms. The van der Waals surface area contributed by atoms with Crippen LogP contribution in [0.1, 0.15) is 11.5 Å². The topological polar surface area (TPSA) is 74.8 Å². The number of pyridine rings is 1. The van der Waals surface area contributed by atoms with Crippen LogP contribution in [0.15, 0.2) is 30.7 Å². The lowest BCUT2D eigenvalue weighted by molar-refractivity contribution is -0.108. The maximum Gasteiger partial charge on any atom is 0.150 e. The van der Waals surface area contributed by atoms with Gasteiger partial charge in [-0.2, -0.15) is 5.26 Å². The highest BCUT2D eigenvalue weighted by atomic mass is 19.1. The molecule has 0 fully saturated rings. The van der Waals surface area contributed by atoms with Crippen LogP contribution in [0.2, 0.25) is 0 Å². The predicted octanol–water partition coefficient (Wildman–Crippen LogP) is 2.82. The van der Waals surface area contributed by atoms with Crippen LogP contribution < -0.4 is 4.90 Å². The molecule has 3 aromatic rings. The number of aryl methyl sites for hydroxylation is 1. The van der Waals surface area contributed by atoms with Crippen molar-refractivity contribution in [3.8, 4) is 6.07 Å². The standard InChI is InChI=1S/C17H13F2N5O/c1-23-9-22-14-7-21-16(5-15(14)23)24(2)17-12(18)3-10(4-13(17)19)11(6-20)8-25/h3-5,7-9,11H,1-2H3. The zero-order chi connectivity index (χ0) is 18.1. The second kappa shape index (κ2) is 6.28. The number of hydrogen-bond donors (Lipinski definition) is 0. The number of hydrogen-bond acceptors (Lipinski definition) is 5. The molecule has 3 rings (SSSR count). The van der Waals surface area contributed by atoms with Crippen molar-refractivity contribution in [2.24, 2.45) is 7.05 Å². The number of halogens is 2. The van der Waals surface area contributed by atoms with Crippen LogP contribution in [-0.2, 0) is 11.8 Å². The summed E-state index contributed by atoms with van der Waals surface area (Å²) >= 11 is 0. The van der Waals surface area contributed by atoms with Gasteiger partial charge in [0.2, 0.25) is 0 Å². The Balaban J connectivity index is 2.06. The summed E-state index contributed by atoms with van der Waals surface area (Å²) in [6.07, 6.45) is 3.48. The first-order valence-electron chi connectivity index (χ1n) is 7.31. The number of fused-ring (bicyclic) bond motifs is 1. The quantitative estimate of drug-likeness (QED) is 0.682. The lowest BCUT2D eigenvalue weighted by atomic mass is 10.0. The molecule has 1 atom stereocenters. The Bertz CT molecular complexity index is 985. The smallest absolute Gasteiger partial charge is 0.150 e. The molecular weight excluding hydrogens is 328 g/mol. The maximum atomic E-state index is 14.5. The number of nitrogens with zero attached hydrogens (tertiary/aromatic N) is 5. The van der Waals surface area contributed by atoms with E-state index in [1.54, 1.807) is 30.1 Å². The second-order valence-corrected chi connectivity index (χ2v) is 5.52. The lowest BCUT2D eigenvalue weighted by Crippen LogP contribution is -2.15. The summed E-state index contributed by atoms with van der Waals surface area (Å²) in [6, 6.07) is 5.33. The van der Waals surface area contributed by atoms with Gasteiger partial charge in [-0.25, -0.2) is 18.7 Å². The van der Waals surface area contributed by atoms with Crippen molar-refractivity contribution in [2.45, 2.75) is 5.92 Å². The summed E-state index contributed by atoms with van der Waals surface area (Å²) in [5, 5.41) is 8.87. The molecule has 2 aromatic heterocycles. The minimum absolute atomic E-state index is 0.0281. The summed E-state index contributed by atoms with van der Waals surface area (Å²) in [5.74, 6) is -2.65. The minimum Gasteiger partial charge on any atom is -0.334 e. The summed E-state index contributed by atoms with van der Waals surface area (Å²) in [7, 11) is 3.28. The van der Waals surface area contributed by atoms with E-state index in [0.717, 1.165) is 17.6 Å². The van der Waals surface area contributed by atoms with Crippen molar-refractivity contribution >= 4 is 28.8 Å². The number of carbonyl (C=O) groups is 1. The van der Waals surface area contributed by atoms with E-state index in [1.807, 2.05) is 0 Å². The van der Waals surface area contributed by atoms with E-state index >= 15 is 0 Å². The normalized spacial score (nSPS) is 12.0. The van der Waals surface area contributed by atoms with Gasteiger partial charge in [0.1, 0.15) is 40.9 Å². The Kier molecular flexibility index (Phi) is 4.15. The summed E-state index contributed by atoms with van der Waals surface area (Å²) in [6.45, 7) is 0. The largest absolute Gasteiger partial charge is 0.334 e. The molecule has 1 aromatic carbocycles. The monoisotopic (exact) mass is 341 g/mol. The summed E-state index contributed by atoms with van der Waals surface area (Å²) in [4.78, 5) is 20.4. The predicted molar refractivity (Wildman–Crippen MR) is 87.3 cm³/mol. The number of aldehydes is 1. The van der Waals surface area contributed by atoms with Gasteiger partial charge in [-0.1, -0.05) is 0 Å². The van der Waals surface area contributed by atoms with E-state index in [1.165, 1.54) is 18.1 Å². The van der Waals surface area contributed by atoms with Crippen molar-refractivity contribution in [1.82, 2.24) is 14.5 Å². The summed E-state index contributed by atoms with van der Waals surface area (Å²) < 4.78 is 30.7. The molecule has 126 valence electrons. The Hall–Kier alpha value is -3.34. The number of imidazole rings is 1. The maximum absolute atomic E-state index is 14.5. The molecule has 0 bridgehead atoms. The molecule has 0 radical (unpaired) electrons. The molecule has 0 saturated heterocycles. The number of anilines is 2. The van der Waals surface area contributed by atoms with E-state index in [0.29, 0.717) is 17.6 Å². The van der Waals surface area contributed by atoms with Crippen molar-refractivity contribution in [1.29, 1.82) is 5.26 Å². The highest BCUT2D eigenvalue weighted by molar-refractivity contribution is 5.79. The fraction of sp³-hybridized carbons (Fsp3) is 0.176. The Morgan fingerprint density at radius 2 is 1.96 bits per heavy atom. The van der Waals surface area contributed by atoms with Gasteiger partial charge in [-0.15, -0.1) is 0 Å². The Morgan fingerprint density at radius 1 is 1.28 bits per heavy atom. The fourth-order valence-electron chi connectivity index (χ4n) is 2.59. The molecule has 25 heavy (non-hydrogen) atoms. The van der Waals surface area contributed by atoms with E-state index in [4.69, 9.17) is 5.26 Å². The molecule has 0 N–H and O–H groups in total. The number of benzene rings is 1. The van der Waals surface area contributed by atoms with Gasteiger partial charge in [0.25, 0.3) is 0 Å². The molecular formula is C17H13F2N5O. The SMILES string of the molecule is CN(c1cc2c(cn1)ncn2C)c1c(F)cc(C(C#N)C=O)cc1F. The third-order valence-corrected chi connectivity index (χ3v) is 3.95. The number of nitriles is 1. The van der Waals surface area contributed by atoms with Gasteiger partial charge >= 0.3 is 0 Å². The first-order chi connectivity index (χ1) is 12.0. The zero-order valence-electron chi connectivity index (χ0n) is 13.4. The van der Waals surface area contributed by atoms with Crippen LogP contribution in [-0.4, -0.2) is 27.9 Å². The van der Waals surface area contributed by atoms with Gasteiger partial charge in [0, 0.05) is 20.2 Å². The molecule has 6 nitrogen and oxygen atoms in total. The van der Waals surface area contributed by atoms with Gasteiger partial charge in [-0.05, 0) is 17.7 Å². The number of carbonyl (C=O) groups excluding carboxylic acids is 1. The van der Waals surface area contributed by atoms with E-state index < -0.39 is 17.6 Å². The summed E-state index contributed by atoms with van der Waals surface area (Å²) in [5.41, 5.74) is 1.08. The van der Waals surface area contributed by atoms with Crippen molar-refractivity contribution in [3.63, 3.8) is 0 Å². The molecule has 0 aliphatic carbocycles. The molecule has 8 heteroatoms. The van der Waals surface area contributed by atoms with Crippen molar-refractivity contribution < 1.29 is 13.6 Å². The Labute approximate surface area is 141 Å². The van der Waals surface area contributed by atoms with Crippen molar-refractivity contribution in [3.05, 3.63) is 47.9 Å². The van der Waals surface area contributed by atoms with Gasteiger partial charge in [0.15, 0.2) is 0 Å². The van der Waals surface area contributed by atoms with Crippen molar-refractivity contribution in [2.75, 3.05) is 11.9 Å². The van der Waals surface area contributed by atoms with Crippen LogP contribution in [0, 0.1) is 23.0 Å². The highest BCUT2D eigenvalue weighted by Crippen LogP contribution is 2.31. The second-order valence-electron chi connectivity index (χ2n) is 5.52. The van der Waals surface area contributed by atoms with Gasteiger partial charge < -0.3 is 14.3 Å². The highest BCUT2D eigenvalue weighted by Gasteiger charge is 2.21. The van der Waals surface area contributed by atoms with E-state index in [-0.39, 0.29) is 11.3 Å². The molecule has 0 saturated carbocycles. The van der Waals surface area contributed by atoms with Crippen LogP contribution in [0.5, 0.6) is 0 Å². The van der Waals surface area contributed by atoms with E-state index in [9.17, 15) is 13.6 Å². The average Bonchev–Trinajstić information content (AvgIpc) is 2.96. The van der Waals surface area contributed by atoms with E-state index in [2.05, 4.69) is 9.97 Å². The lowest BCUT2D eigenvalue weighted by Gasteiger charge is -2.20. The molecule has 1 unspecified atom stereocenters. The first kappa shape index (κ1) is 16.5. The minimum atomic E-state index is -1.22.